The molecule has 1 aromatic heterocycles. The molecule has 1 heterocycles. The summed E-state index contributed by atoms with van der Waals surface area (Å²) < 4.78 is 9.71. The fourth-order valence-corrected chi connectivity index (χ4v) is 1.33. The van der Waals surface area contributed by atoms with Crippen molar-refractivity contribution in [1.29, 1.82) is 0 Å². The molecule has 0 aliphatic rings. The lowest BCUT2D eigenvalue weighted by atomic mass is 10.2. The minimum Gasteiger partial charge on any atom is -0.463 e. The van der Waals surface area contributed by atoms with Gasteiger partial charge in [-0.3, -0.25) is 4.98 Å². The van der Waals surface area contributed by atoms with E-state index in [9.17, 15) is 9.59 Å². The molecule has 6 heteroatoms. The number of nitrogen functional groups attached to an aromatic ring is 1. The summed E-state index contributed by atoms with van der Waals surface area (Å²) in [7, 11) is 0. The Morgan fingerprint density at radius 3 is 2.79 bits per heavy atom. The maximum absolute atomic E-state index is 11.7. The van der Waals surface area contributed by atoms with Crippen molar-refractivity contribution in [3.8, 4) is 0 Å². The lowest BCUT2D eigenvalue weighted by Crippen LogP contribution is -2.18. The van der Waals surface area contributed by atoms with Crippen molar-refractivity contribution in [3.63, 3.8) is 0 Å². The standard InChI is InChI=1S/C13H18N2O4/c1-3-4-5-18-12(16)8-19-13(17)11-6-10(14)7-15-9(11)2/h6-7H,3-5,8,14H2,1-2H3. The fourth-order valence-electron chi connectivity index (χ4n) is 1.33. The topological polar surface area (TPSA) is 91.5 Å². The Morgan fingerprint density at radius 1 is 1.37 bits per heavy atom. The van der Waals surface area contributed by atoms with Crippen LogP contribution in [0.1, 0.15) is 35.8 Å². The maximum Gasteiger partial charge on any atom is 0.344 e. The van der Waals surface area contributed by atoms with Gasteiger partial charge in [-0.1, -0.05) is 13.3 Å². The smallest absolute Gasteiger partial charge is 0.344 e. The molecule has 0 aromatic carbocycles. The number of carbonyl (C=O) groups is 2. The zero-order valence-electron chi connectivity index (χ0n) is 11.1. The van der Waals surface area contributed by atoms with Crippen molar-refractivity contribution in [3.05, 3.63) is 23.5 Å². The number of ether oxygens (including phenoxy) is 2. The molecule has 0 fully saturated rings. The minimum absolute atomic E-state index is 0.251. The molecule has 0 aliphatic heterocycles. The molecule has 0 unspecified atom stereocenters. The van der Waals surface area contributed by atoms with Crippen LogP contribution in [0, 0.1) is 6.92 Å². The number of hydrogen-bond acceptors (Lipinski definition) is 6. The van der Waals surface area contributed by atoms with Crippen LogP contribution in [0.3, 0.4) is 0 Å². The van der Waals surface area contributed by atoms with Crippen LogP contribution in [-0.2, 0) is 14.3 Å². The monoisotopic (exact) mass is 266 g/mol. The first-order chi connectivity index (χ1) is 9.04. The van der Waals surface area contributed by atoms with Gasteiger partial charge in [0.25, 0.3) is 0 Å². The number of carbonyl (C=O) groups excluding carboxylic acids is 2. The highest BCUT2D eigenvalue weighted by Crippen LogP contribution is 2.10. The molecule has 104 valence electrons. The third-order valence-electron chi connectivity index (χ3n) is 2.41. The first-order valence-electron chi connectivity index (χ1n) is 6.09. The van der Waals surface area contributed by atoms with Gasteiger partial charge < -0.3 is 15.2 Å². The summed E-state index contributed by atoms with van der Waals surface area (Å²) in [5.41, 5.74) is 6.65. The van der Waals surface area contributed by atoms with Gasteiger partial charge in [0, 0.05) is 0 Å². The van der Waals surface area contributed by atoms with Gasteiger partial charge in [-0.25, -0.2) is 9.59 Å². The Labute approximate surface area is 111 Å². The predicted octanol–water partition coefficient (Wildman–Crippen LogP) is 1.47. The molecule has 0 aliphatic carbocycles. The van der Waals surface area contributed by atoms with E-state index in [0.717, 1.165) is 12.8 Å². The van der Waals surface area contributed by atoms with Crippen LogP contribution in [0.5, 0.6) is 0 Å². The summed E-state index contributed by atoms with van der Waals surface area (Å²) >= 11 is 0. The highest BCUT2D eigenvalue weighted by Gasteiger charge is 2.14. The van der Waals surface area contributed by atoms with Gasteiger partial charge >= 0.3 is 11.9 Å². The molecule has 1 aromatic rings. The van der Waals surface area contributed by atoms with Crippen LogP contribution in [0.2, 0.25) is 0 Å². The summed E-state index contributed by atoms with van der Waals surface area (Å²) in [6.07, 6.45) is 3.17. The number of aryl methyl sites for hydroxylation is 1. The molecule has 0 radical (unpaired) electrons. The van der Waals surface area contributed by atoms with E-state index in [4.69, 9.17) is 15.2 Å². The molecule has 2 N–H and O–H groups in total. The Kier molecular flexibility index (Phi) is 5.78. The van der Waals surface area contributed by atoms with Crippen LogP contribution < -0.4 is 5.73 Å². The van der Waals surface area contributed by atoms with Crippen molar-refractivity contribution in [2.45, 2.75) is 26.7 Å². The third kappa shape index (κ3) is 4.95. The van der Waals surface area contributed by atoms with Crippen LogP contribution in [0.25, 0.3) is 0 Å². The van der Waals surface area contributed by atoms with Crippen molar-refractivity contribution in [2.75, 3.05) is 18.9 Å². The number of nitrogens with zero attached hydrogens (tertiary/aromatic N) is 1. The Hall–Kier alpha value is -2.11. The van der Waals surface area contributed by atoms with E-state index in [1.165, 1.54) is 12.3 Å². The average Bonchev–Trinajstić information content (AvgIpc) is 2.39. The second-order valence-electron chi connectivity index (χ2n) is 4.05. The summed E-state index contributed by atoms with van der Waals surface area (Å²) in [4.78, 5) is 26.9. The van der Waals surface area contributed by atoms with Gasteiger partial charge in [-0.2, -0.15) is 0 Å². The van der Waals surface area contributed by atoms with Gasteiger partial charge in [-0.05, 0) is 19.4 Å². The molecule has 0 saturated carbocycles. The molecular weight excluding hydrogens is 248 g/mol. The van der Waals surface area contributed by atoms with Gasteiger partial charge in [0.1, 0.15) is 0 Å². The van der Waals surface area contributed by atoms with E-state index in [1.807, 2.05) is 6.92 Å². The molecule has 0 saturated heterocycles. The normalized spacial score (nSPS) is 10.0. The highest BCUT2D eigenvalue weighted by atomic mass is 16.6. The Morgan fingerprint density at radius 2 is 2.11 bits per heavy atom. The maximum atomic E-state index is 11.7. The highest BCUT2D eigenvalue weighted by molar-refractivity contribution is 5.92. The van der Waals surface area contributed by atoms with Gasteiger partial charge in [-0.15, -0.1) is 0 Å². The summed E-state index contributed by atoms with van der Waals surface area (Å²) in [5, 5.41) is 0. The van der Waals surface area contributed by atoms with E-state index >= 15 is 0 Å². The zero-order chi connectivity index (χ0) is 14.3. The van der Waals surface area contributed by atoms with Crippen molar-refractivity contribution >= 4 is 17.6 Å². The molecule has 19 heavy (non-hydrogen) atoms. The predicted molar refractivity (Wildman–Crippen MR) is 69.5 cm³/mol. The number of rotatable bonds is 6. The molecule has 6 nitrogen and oxygen atoms in total. The molecular formula is C13H18N2O4. The lowest BCUT2D eigenvalue weighted by Gasteiger charge is -2.07. The Balaban J connectivity index is 2.47. The second kappa shape index (κ2) is 7.35. The van der Waals surface area contributed by atoms with E-state index in [2.05, 4.69) is 4.98 Å². The number of hydrogen-bond donors (Lipinski definition) is 1. The van der Waals surface area contributed by atoms with E-state index in [0.29, 0.717) is 18.0 Å². The van der Waals surface area contributed by atoms with Crippen molar-refractivity contribution in [2.24, 2.45) is 0 Å². The number of aromatic nitrogens is 1. The van der Waals surface area contributed by atoms with Gasteiger partial charge in [0.05, 0.1) is 29.7 Å². The van der Waals surface area contributed by atoms with E-state index < -0.39 is 18.5 Å². The van der Waals surface area contributed by atoms with Crippen LogP contribution in [0.15, 0.2) is 12.3 Å². The molecule has 0 amide bonds. The minimum atomic E-state index is -0.634. The Bertz CT molecular complexity index is 460. The van der Waals surface area contributed by atoms with E-state index in [-0.39, 0.29) is 5.56 Å². The first-order valence-corrected chi connectivity index (χ1v) is 6.09. The van der Waals surface area contributed by atoms with Crippen molar-refractivity contribution < 1.29 is 19.1 Å². The largest absolute Gasteiger partial charge is 0.463 e. The third-order valence-corrected chi connectivity index (χ3v) is 2.41. The molecule has 1 rings (SSSR count). The molecule has 0 bridgehead atoms. The number of pyridine rings is 1. The fraction of sp³-hybridized carbons (Fsp3) is 0.462. The van der Waals surface area contributed by atoms with Crippen LogP contribution in [-0.4, -0.2) is 30.1 Å². The van der Waals surface area contributed by atoms with Crippen LogP contribution in [0.4, 0.5) is 5.69 Å². The van der Waals surface area contributed by atoms with Crippen LogP contribution >= 0.6 is 0 Å². The molecule has 0 atom stereocenters. The average molecular weight is 266 g/mol. The summed E-state index contributed by atoms with van der Waals surface area (Å²) in [5.74, 6) is -1.19. The number of nitrogens with two attached hydrogens (primary N) is 1. The summed E-state index contributed by atoms with van der Waals surface area (Å²) in [6, 6.07) is 1.47. The SMILES string of the molecule is CCCCOC(=O)COC(=O)c1cc(N)cnc1C. The first kappa shape index (κ1) is 14.9. The number of esters is 2. The molecule has 0 spiro atoms. The number of anilines is 1. The lowest BCUT2D eigenvalue weighted by molar-refractivity contribution is -0.147. The van der Waals surface area contributed by atoms with E-state index in [1.54, 1.807) is 6.92 Å². The van der Waals surface area contributed by atoms with Gasteiger partial charge in [0.2, 0.25) is 0 Å². The second-order valence-corrected chi connectivity index (χ2v) is 4.05. The quantitative estimate of drug-likeness (QED) is 0.619. The number of unbranched alkanes of at least 4 members (excludes halogenated alkanes) is 1. The van der Waals surface area contributed by atoms with Crippen molar-refractivity contribution in [1.82, 2.24) is 4.98 Å². The van der Waals surface area contributed by atoms with Gasteiger partial charge in [0.15, 0.2) is 6.61 Å². The summed E-state index contributed by atoms with van der Waals surface area (Å²) in [6.45, 7) is 3.58. The zero-order valence-corrected chi connectivity index (χ0v) is 11.1.